The van der Waals surface area contributed by atoms with Gasteiger partial charge in [0, 0.05) is 24.9 Å². The molecule has 3 aromatic heterocycles. The second-order valence-corrected chi connectivity index (χ2v) is 7.77. The Morgan fingerprint density at radius 1 is 1.10 bits per heavy atom. The van der Waals surface area contributed by atoms with Crippen LogP contribution in [0.3, 0.4) is 0 Å². The Bertz CT molecular complexity index is 1150. The molecule has 2 amide bonds. The molecule has 0 saturated carbocycles. The van der Waals surface area contributed by atoms with Crippen molar-refractivity contribution in [2.24, 2.45) is 0 Å². The molecule has 0 aliphatic carbocycles. The van der Waals surface area contributed by atoms with Crippen molar-refractivity contribution in [3.8, 4) is 11.4 Å². The van der Waals surface area contributed by atoms with Crippen LogP contribution in [-0.2, 0) is 22.6 Å². The van der Waals surface area contributed by atoms with Gasteiger partial charge in [0.05, 0.1) is 11.3 Å². The fourth-order valence-corrected chi connectivity index (χ4v) is 4.22. The summed E-state index contributed by atoms with van der Waals surface area (Å²) in [5, 5.41) is 15.3. The lowest BCUT2D eigenvalue weighted by Crippen LogP contribution is -2.40. The Morgan fingerprint density at radius 3 is 2.72 bits per heavy atom. The first kappa shape index (κ1) is 19.2. The maximum absolute atomic E-state index is 14.0. The first-order chi connectivity index (χ1) is 14.1. The van der Waals surface area contributed by atoms with Crippen molar-refractivity contribution in [2.45, 2.75) is 13.0 Å². The number of fused-ring (bicyclic) bond motifs is 1. The number of hydrogen-bond donors (Lipinski definition) is 2. The first-order valence-corrected chi connectivity index (χ1v) is 10.6. The number of carbonyl (C=O) groups excluding carboxylic acids is 2. The van der Waals surface area contributed by atoms with Crippen LogP contribution in [0.1, 0.15) is 11.3 Å². The highest BCUT2D eigenvalue weighted by Crippen LogP contribution is 2.23. The monoisotopic (exact) mass is 429 g/mol. The van der Waals surface area contributed by atoms with E-state index in [-0.39, 0.29) is 12.4 Å². The molecule has 0 radical (unpaired) electrons. The minimum Gasteiger partial charge on any atom is -0.347 e. The van der Waals surface area contributed by atoms with Crippen molar-refractivity contribution in [1.82, 2.24) is 25.2 Å². The van der Waals surface area contributed by atoms with E-state index in [0.29, 0.717) is 29.3 Å². The van der Waals surface area contributed by atoms with E-state index in [1.54, 1.807) is 22.7 Å². The van der Waals surface area contributed by atoms with Gasteiger partial charge in [0.1, 0.15) is 5.82 Å². The van der Waals surface area contributed by atoms with Crippen LogP contribution in [-0.4, -0.2) is 33.0 Å². The number of amides is 2. The SMILES string of the molecule is O=C(NCCc1csc2nc(-c3ccccc3F)nn12)C(=O)NCc1ccsc1. The molecule has 10 heteroatoms. The summed E-state index contributed by atoms with van der Waals surface area (Å²) in [5.41, 5.74) is 2.11. The Balaban J connectivity index is 1.34. The highest BCUT2D eigenvalue weighted by Gasteiger charge is 2.16. The summed E-state index contributed by atoms with van der Waals surface area (Å²) in [6.07, 6.45) is 0.462. The second-order valence-electron chi connectivity index (χ2n) is 6.16. The van der Waals surface area contributed by atoms with Crippen LogP contribution < -0.4 is 10.6 Å². The molecule has 0 aliphatic rings. The highest BCUT2D eigenvalue weighted by atomic mass is 32.1. The molecule has 4 rings (SSSR count). The van der Waals surface area contributed by atoms with Gasteiger partial charge in [-0.15, -0.1) is 16.4 Å². The van der Waals surface area contributed by atoms with Gasteiger partial charge in [-0.25, -0.2) is 8.91 Å². The van der Waals surface area contributed by atoms with Gasteiger partial charge in [-0.3, -0.25) is 9.59 Å². The van der Waals surface area contributed by atoms with Gasteiger partial charge in [0.2, 0.25) is 4.96 Å². The number of nitrogens with zero attached hydrogens (tertiary/aromatic N) is 3. The van der Waals surface area contributed by atoms with E-state index in [4.69, 9.17) is 0 Å². The van der Waals surface area contributed by atoms with Crippen LogP contribution in [0.15, 0.2) is 46.5 Å². The van der Waals surface area contributed by atoms with E-state index in [2.05, 4.69) is 20.7 Å². The maximum atomic E-state index is 14.0. The zero-order valence-electron chi connectivity index (χ0n) is 15.1. The Hall–Kier alpha value is -3.11. The summed E-state index contributed by atoms with van der Waals surface area (Å²) in [4.78, 5) is 28.8. The van der Waals surface area contributed by atoms with Gasteiger partial charge in [0.25, 0.3) is 0 Å². The molecule has 2 N–H and O–H groups in total. The summed E-state index contributed by atoms with van der Waals surface area (Å²) >= 11 is 2.91. The maximum Gasteiger partial charge on any atom is 0.309 e. The van der Waals surface area contributed by atoms with E-state index < -0.39 is 11.8 Å². The smallest absolute Gasteiger partial charge is 0.309 e. The number of rotatable bonds is 6. The average molecular weight is 430 g/mol. The van der Waals surface area contributed by atoms with Crippen LogP contribution >= 0.6 is 22.7 Å². The van der Waals surface area contributed by atoms with Crippen molar-refractivity contribution in [3.05, 3.63) is 63.5 Å². The summed E-state index contributed by atoms with van der Waals surface area (Å²) < 4.78 is 15.6. The minimum atomic E-state index is -0.683. The number of nitrogens with one attached hydrogen (secondary N) is 2. The van der Waals surface area contributed by atoms with Gasteiger partial charge in [-0.2, -0.15) is 16.3 Å². The predicted octanol–water partition coefficient (Wildman–Crippen LogP) is 2.63. The molecule has 0 aliphatic heterocycles. The minimum absolute atomic E-state index is 0.269. The van der Waals surface area contributed by atoms with Gasteiger partial charge < -0.3 is 10.6 Å². The number of thiophene rings is 1. The molecule has 0 spiro atoms. The third kappa shape index (κ3) is 4.33. The van der Waals surface area contributed by atoms with Crippen LogP contribution in [0.4, 0.5) is 4.39 Å². The van der Waals surface area contributed by atoms with Crippen molar-refractivity contribution in [3.63, 3.8) is 0 Å². The molecule has 0 fully saturated rings. The summed E-state index contributed by atoms with van der Waals surface area (Å²) in [6.45, 7) is 0.587. The number of halogens is 1. The molecule has 0 unspecified atom stereocenters. The van der Waals surface area contributed by atoms with Gasteiger partial charge in [0.15, 0.2) is 5.82 Å². The molecule has 0 bridgehead atoms. The predicted molar refractivity (Wildman–Crippen MR) is 109 cm³/mol. The Kier molecular flexibility index (Phi) is 5.63. The van der Waals surface area contributed by atoms with E-state index in [1.807, 2.05) is 22.2 Å². The van der Waals surface area contributed by atoms with E-state index in [0.717, 1.165) is 11.3 Å². The zero-order valence-corrected chi connectivity index (χ0v) is 16.7. The molecule has 3 heterocycles. The molecule has 1 aromatic carbocycles. The fraction of sp³-hybridized carbons (Fsp3) is 0.158. The summed E-state index contributed by atoms with van der Waals surface area (Å²) in [7, 11) is 0. The lowest BCUT2D eigenvalue weighted by atomic mass is 10.2. The number of thiazole rings is 1. The zero-order chi connectivity index (χ0) is 20.2. The summed E-state index contributed by atoms with van der Waals surface area (Å²) in [6, 6.07) is 8.22. The molecule has 148 valence electrons. The van der Waals surface area contributed by atoms with E-state index >= 15 is 0 Å². The first-order valence-electron chi connectivity index (χ1n) is 8.77. The topological polar surface area (TPSA) is 88.4 Å². The van der Waals surface area contributed by atoms with E-state index in [9.17, 15) is 14.0 Å². The fourth-order valence-electron chi connectivity index (χ4n) is 2.69. The normalized spacial score (nSPS) is 10.9. The van der Waals surface area contributed by atoms with Gasteiger partial charge in [-0.05, 0) is 34.5 Å². The van der Waals surface area contributed by atoms with Crippen molar-refractivity contribution >= 4 is 39.4 Å². The Labute approximate surface area is 173 Å². The molecular formula is C19H16FN5O2S2. The van der Waals surface area contributed by atoms with E-state index in [1.165, 1.54) is 28.7 Å². The number of benzene rings is 1. The summed E-state index contributed by atoms with van der Waals surface area (Å²) in [5.74, 6) is -1.42. The van der Waals surface area contributed by atoms with Crippen LogP contribution in [0.25, 0.3) is 16.3 Å². The third-order valence-electron chi connectivity index (χ3n) is 4.17. The van der Waals surface area contributed by atoms with Crippen molar-refractivity contribution < 1.29 is 14.0 Å². The highest BCUT2D eigenvalue weighted by molar-refractivity contribution is 7.15. The standard InChI is InChI=1S/C19H16FN5O2S2/c20-15-4-2-1-3-14(15)16-23-19-25(24-16)13(11-29-19)5-7-21-17(26)18(27)22-9-12-6-8-28-10-12/h1-4,6,8,10-11H,5,7,9H2,(H,21,26)(H,22,27). The molecule has 4 aromatic rings. The lowest BCUT2D eigenvalue weighted by Gasteiger charge is -2.05. The largest absolute Gasteiger partial charge is 0.347 e. The molecule has 0 saturated heterocycles. The quantitative estimate of drug-likeness (QED) is 0.461. The third-order valence-corrected chi connectivity index (χ3v) is 5.77. The molecule has 29 heavy (non-hydrogen) atoms. The second kappa shape index (κ2) is 8.50. The van der Waals surface area contributed by atoms with Crippen LogP contribution in [0, 0.1) is 5.82 Å². The van der Waals surface area contributed by atoms with Crippen LogP contribution in [0.5, 0.6) is 0 Å². The molecular weight excluding hydrogens is 413 g/mol. The van der Waals surface area contributed by atoms with Crippen LogP contribution in [0.2, 0.25) is 0 Å². The van der Waals surface area contributed by atoms with Crippen molar-refractivity contribution in [2.75, 3.05) is 6.54 Å². The molecule has 0 atom stereocenters. The number of carbonyl (C=O) groups is 2. The lowest BCUT2D eigenvalue weighted by molar-refractivity contribution is -0.139. The number of aromatic nitrogens is 3. The van der Waals surface area contributed by atoms with Gasteiger partial charge >= 0.3 is 11.8 Å². The Morgan fingerprint density at radius 2 is 1.93 bits per heavy atom. The van der Waals surface area contributed by atoms with Crippen molar-refractivity contribution in [1.29, 1.82) is 0 Å². The average Bonchev–Trinajstić information content (AvgIpc) is 3.45. The number of hydrogen-bond acceptors (Lipinski definition) is 6. The van der Waals surface area contributed by atoms with Gasteiger partial charge in [-0.1, -0.05) is 12.1 Å². The molecule has 7 nitrogen and oxygen atoms in total.